The summed E-state index contributed by atoms with van der Waals surface area (Å²) in [6, 6.07) is 16.6. The van der Waals surface area contributed by atoms with Gasteiger partial charge in [0.05, 0.1) is 13.2 Å². The van der Waals surface area contributed by atoms with Gasteiger partial charge in [0.2, 0.25) is 0 Å². The summed E-state index contributed by atoms with van der Waals surface area (Å²) in [5.74, 6) is 2.72. The molecule has 1 heterocycles. The first kappa shape index (κ1) is 16.7. The fourth-order valence-electron chi connectivity index (χ4n) is 3.84. The van der Waals surface area contributed by atoms with Gasteiger partial charge in [-0.3, -0.25) is 4.90 Å². The Bertz CT molecular complexity index is 839. The van der Waals surface area contributed by atoms with E-state index in [0.29, 0.717) is 26.4 Å². The van der Waals surface area contributed by atoms with Gasteiger partial charge in [-0.2, -0.15) is 0 Å². The highest BCUT2D eigenvalue weighted by molar-refractivity contribution is 5.79. The first-order valence-electron chi connectivity index (χ1n) is 8.82. The van der Waals surface area contributed by atoms with Gasteiger partial charge in [0.1, 0.15) is 12.1 Å². The third-order valence-corrected chi connectivity index (χ3v) is 5.31. The number of hydrogen-bond donors (Lipinski definition) is 0. The van der Waals surface area contributed by atoms with E-state index in [-0.39, 0.29) is 12.0 Å². The van der Waals surface area contributed by atoms with Gasteiger partial charge in [-0.15, -0.1) is 6.42 Å². The van der Waals surface area contributed by atoms with Crippen molar-refractivity contribution in [2.75, 3.05) is 26.4 Å². The van der Waals surface area contributed by atoms with Gasteiger partial charge in [-0.1, -0.05) is 54.5 Å². The van der Waals surface area contributed by atoms with Gasteiger partial charge in [-0.05, 0) is 29.2 Å². The third kappa shape index (κ3) is 2.65. The minimum atomic E-state index is -0.763. The van der Waals surface area contributed by atoms with E-state index in [4.69, 9.17) is 15.9 Å². The van der Waals surface area contributed by atoms with Crippen molar-refractivity contribution < 1.29 is 14.3 Å². The summed E-state index contributed by atoms with van der Waals surface area (Å²) in [6.45, 7) is 3.37. The average Bonchev–Trinajstić information content (AvgIpc) is 3.00. The van der Waals surface area contributed by atoms with Gasteiger partial charge in [0.25, 0.3) is 0 Å². The first-order chi connectivity index (χ1) is 12.6. The molecule has 0 saturated carbocycles. The number of benzene rings is 2. The fraction of sp³-hybridized carbons (Fsp3) is 0.318. The van der Waals surface area contributed by atoms with Gasteiger partial charge in [0.15, 0.2) is 0 Å². The van der Waals surface area contributed by atoms with Gasteiger partial charge in [-0.25, -0.2) is 4.79 Å². The summed E-state index contributed by atoms with van der Waals surface area (Å²) < 4.78 is 11.1. The number of amides is 1. The Balaban J connectivity index is 1.55. The number of terminal acetylenes is 1. The van der Waals surface area contributed by atoms with Crippen molar-refractivity contribution in [2.45, 2.75) is 18.4 Å². The zero-order valence-electron chi connectivity index (χ0n) is 14.8. The molecule has 2 aromatic rings. The molecule has 1 aliphatic heterocycles. The maximum absolute atomic E-state index is 12.7. The molecule has 2 aliphatic rings. The molecule has 0 spiro atoms. The number of carbonyl (C=O) groups excluding carboxylic acids is 1. The van der Waals surface area contributed by atoms with Gasteiger partial charge in [0, 0.05) is 12.5 Å². The van der Waals surface area contributed by atoms with E-state index in [1.165, 1.54) is 22.3 Å². The molecular formula is C22H21NO3. The van der Waals surface area contributed by atoms with Crippen LogP contribution in [0.3, 0.4) is 0 Å². The Kier molecular flexibility index (Phi) is 4.18. The van der Waals surface area contributed by atoms with Gasteiger partial charge >= 0.3 is 6.09 Å². The Morgan fingerprint density at radius 1 is 1.23 bits per heavy atom. The lowest BCUT2D eigenvalue weighted by molar-refractivity contribution is -0.0297. The fourth-order valence-corrected chi connectivity index (χ4v) is 3.84. The summed E-state index contributed by atoms with van der Waals surface area (Å²) in [6.07, 6.45) is 5.25. The van der Waals surface area contributed by atoms with Crippen LogP contribution in [0.5, 0.6) is 0 Å². The molecule has 132 valence electrons. The van der Waals surface area contributed by atoms with E-state index in [1.54, 1.807) is 4.90 Å². The molecule has 26 heavy (non-hydrogen) atoms. The van der Waals surface area contributed by atoms with E-state index in [1.807, 2.05) is 31.2 Å². The van der Waals surface area contributed by atoms with E-state index in [0.717, 1.165) is 0 Å². The van der Waals surface area contributed by atoms with Crippen LogP contribution in [0.25, 0.3) is 11.1 Å². The lowest BCUT2D eigenvalue weighted by atomic mass is 9.98. The highest BCUT2D eigenvalue weighted by Gasteiger charge is 2.38. The molecule has 4 rings (SSSR count). The Morgan fingerprint density at radius 3 is 2.46 bits per heavy atom. The zero-order valence-corrected chi connectivity index (χ0v) is 14.8. The lowest BCUT2D eigenvalue weighted by Crippen LogP contribution is -2.56. The van der Waals surface area contributed by atoms with E-state index in [9.17, 15) is 4.79 Å². The highest BCUT2D eigenvalue weighted by Crippen LogP contribution is 2.44. The molecule has 1 amide bonds. The van der Waals surface area contributed by atoms with Crippen molar-refractivity contribution in [3.8, 4) is 23.5 Å². The number of fused-ring (bicyclic) bond motifs is 3. The van der Waals surface area contributed by atoms with Crippen molar-refractivity contribution in [3.05, 3.63) is 59.7 Å². The molecule has 1 atom stereocenters. The van der Waals surface area contributed by atoms with Gasteiger partial charge < -0.3 is 9.47 Å². The number of carbonyl (C=O) groups is 1. The third-order valence-electron chi connectivity index (χ3n) is 5.31. The monoisotopic (exact) mass is 347 g/mol. The van der Waals surface area contributed by atoms with E-state index in [2.05, 4.69) is 30.2 Å². The number of ether oxygens (including phenoxy) is 2. The predicted molar refractivity (Wildman–Crippen MR) is 99.8 cm³/mol. The minimum absolute atomic E-state index is 0.0458. The average molecular weight is 347 g/mol. The van der Waals surface area contributed by atoms with E-state index >= 15 is 0 Å². The van der Waals surface area contributed by atoms with Crippen molar-refractivity contribution in [1.82, 2.24) is 4.90 Å². The number of hydrogen-bond acceptors (Lipinski definition) is 3. The quantitative estimate of drug-likeness (QED) is 0.778. The molecular weight excluding hydrogens is 326 g/mol. The maximum atomic E-state index is 12.7. The van der Waals surface area contributed by atoms with Crippen molar-refractivity contribution in [1.29, 1.82) is 0 Å². The van der Waals surface area contributed by atoms with Crippen LogP contribution in [0.15, 0.2) is 48.5 Å². The summed E-state index contributed by atoms with van der Waals surface area (Å²) in [5.41, 5.74) is 4.06. The second kappa shape index (κ2) is 6.51. The van der Waals surface area contributed by atoms with Crippen LogP contribution in [-0.4, -0.2) is 42.9 Å². The number of rotatable bonds is 2. The second-order valence-corrected chi connectivity index (χ2v) is 6.93. The van der Waals surface area contributed by atoms with Crippen molar-refractivity contribution in [3.63, 3.8) is 0 Å². The topological polar surface area (TPSA) is 38.8 Å². The minimum Gasteiger partial charge on any atom is -0.448 e. The second-order valence-electron chi connectivity index (χ2n) is 6.93. The van der Waals surface area contributed by atoms with Crippen LogP contribution in [0, 0.1) is 12.3 Å². The molecule has 2 aromatic carbocycles. The Morgan fingerprint density at radius 2 is 1.85 bits per heavy atom. The predicted octanol–water partition coefficient (Wildman–Crippen LogP) is 3.66. The summed E-state index contributed by atoms with van der Waals surface area (Å²) >= 11 is 0. The molecule has 1 fully saturated rings. The Hall–Kier alpha value is -2.77. The van der Waals surface area contributed by atoms with Crippen molar-refractivity contribution >= 4 is 6.09 Å². The molecule has 4 heteroatoms. The van der Waals surface area contributed by atoms with Crippen molar-refractivity contribution in [2.24, 2.45) is 0 Å². The molecule has 0 radical (unpaired) electrons. The summed E-state index contributed by atoms with van der Waals surface area (Å²) in [4.78, 5) is 14.3. The van der Waals surface area contributed by atoms with Crippen LogP contribution in [-0.2, 0) is 9.47 Å². The lowest BCUT2D eigenvalue weighted by Gasteiger charge is -2.40. The molecule has 0 N–H and O–H groups in total. The van der Waals surface area contributed by atoms with E-state index < -0.39 is 5.54 Å². The smallest absolute Gasteiger partial charge is 0.411 e. The highest BCUT2D eigenvalue weighted by atomic mass is 16.6. The van der Waals surface area contributed by atoms with Crippen LogP contribution in [0.4, 0.5) is 4.79 Å². The molecule has 1 aliphatic carbocycles. The summed E-state index contributed by atoms with van der Waals surface area (Å²) in [5, 5.41) is 0. The molecule has 0 bridgehead atoms. The summed E-state index contributed by atoms with van der Waals surface area (Å²) in [7, 11) is 0. The van der Waals surface area contributed by atoms with Crippen LogP contribution in [0.2, 0.25) is 0 Å². The normalized spacial score (nSPS) is 21.6. The molecule has 0 aromatic heterocycles. The molecule has 1 saturated heterocycles. The number of nitrogens with zero attached hydrogens (tertiary/aromatic N) is 1. The molecule has 1 unspecified atom stereocenters. The first-order valence-corrected chi connectivity index (χ1v) is 8.82. The Labute approximate surface area is 153 Å². The maximum Gasteiger partial charge on any atom is 0.411 e. The molecule has 4 nitrogen and oxygen atoms in total. The zero-order chi connectivity index (χ0) is 18.1. The number of morpholine rings is 1. The largest absolute Gasteiger partial charge is 0.448 e. The van der Waals surface area contributed by atoms with Crippen LogP contribution in [0.1, 0.15) is 24.0 Å². The SMILES string of the molecule is C#CC1(C)COCCN1C(=O)OCC1c2ccccc2-c2ccccc21. The standard InChI is InChI=1S/C22H21NO3/c1-3-22(2)15-25-13-12-23(22)21(24)26-14-20-18-10-6-4-8-16(18)17-9-5-7-11-19(17)20/h1,4-11,20H,12-15H2,2H3. The van der Waals surface area contributed by atoms with Crippen LogP contribution >= 0.6 is 0 Å². The van der Waals surface area contributed by atoms with Crippen LogP contribution < -0.4 is 0 Å².